The maximum atomic E-state index is 13.5. The summed E-state index contributed by atoms with van der Waals surface area (Å²) in [7, 11) is 0. The van der Waals surface area contributed by atoms with Crippen molar-refractivity contribution in [3.8, 4) is 0 Å². The quantitative estimate of drug-likeness (QED) is 0.526. The summed E-state index contributed by atoms with van der Waals surface area (Å²) in [5.41, 5.74) is 4.29. The van der Waals surface area contributed by atoms with Gasteiger partial charge in [0.1, 0.15) is 5.82 Å². The largest absolute Gasteiger partial charge is 0.353 e. The van der Waals surface area contributed by atoms with E-state index in [-0.39, 0.29) is 5.91 Å². The van der Waals surface area contributed by atoms with Gasteiger partial charge in [0, 0.05) is 76.9 Å². The monoisotopic (exact) mass is 505 g/mol. The molecule has 3 aromatic rings. The number of anilines is 2. The molecule has 2 saturated heterocycles. The summed E-state index contributed by atoms with van der Waals surface area (Å²) in [5.74, 6) is 1.84. The number of piperazine rings is 2. The first-order chi connectivity index (χ1) is 17.5. The Labute approximate surface area is 217 Å². The minimum absolute atomic E-state index is 0.113. The van der Waals surface area contributed by atoms with Crippen LogP contribution in [0.4, 0.5) is 11.6 Å². The van der Waals surface area contributed by atoms with E-state index in [1.54, 1.807) is 12.4 Å². The summed E-state index contributed by atoms with van der Waals surface area (Å²) >= 11 is 6.35. The lowest BCUT2D eigenvalue weighted by molar-refractivity contribution is 0.0745. The van der Waals surface area contributed by atoms with Crippen LogP contribution >= 0.6 is 11.6 Å². The lowest BCUT2D eigenvalue weighted by Gasteiger charge is -2.36. The Bertz CT molecular complexity index is 1210. The fraction of sp³-hybridized carbons (Fsp3) is 0.407. The number of rotatable bonds is 5. The molecule has 0 N–H and O–H groups in total. The Hall–Kier alpha value is -3.23. The van der Waals surface area contributed by atoms with Crippen LogP contribution in [-0.4, -0.2) is 83.2 Å². The van der Waals surface area contributed by atoms with Crippen LogP contribution < -0.4 is 9.80 Å². The highest BCUT2D eigenvalue weighted by Crippen LogP contribution is 2.25. The number of hydrogen-bond donors (Lipinski definition) is 0. The highest BCUT2D eigenvalue weighted by Gasteiger charge is 2.25. The maximum Gasteiger partial charge on any atom is 0.254 e. The summed E-state index contributed by atoms with van der Waals surface area (Å²) in [4.78, 5) is 26.8. The number of hydrogen-bond acceptors (Lipinski definition) is 7. The molecule has 1 amide bonds. The third-order valence-corrected chi connectivity index (χ3v) is 7.46. The van der Waals surface area contributed by atoms with Crippen molar-refractivity contribution in [2.24, 2.45) is 0 Å². The van der Waals surface area contributed by atoms with E-state index < -0.39 is 0 Å². The number of nitrogens with zero attached hydrogens (tertiary/aromatic N) is 7. The van der Waals surface area contributed by atoms with Gasteiger partial charge in [-0.3, -0.25) is 9.69 Å². The van der Waals surface area contributed by atoms with Crippen molar-refractivity contribution in [2.75, 3.05) is 62.2 Å². The second kappa shape index (κ2) is 10.8. The standard InChI is InChI=1S/C27H32ClN7O/c1-20-17-21(2)23(27(36)35-15-13-33(14-16-35)25-6-4-8-30-31-25)18-22(20)19-32-9-11-34(12-10-32)26-24(28)5-3-7-29-26/h3-8,17-18H,9-16,19H2,1-2H3. The Morgan fingerprint density at radius 1 is 0.889 bits per heavy atom. The van der Waals surface area contributed by atoms with E-state index in [4.69, 9.17) is 11.6 Å². The molecule has 0 bridgehead atoms. The highest BCUT2D eigenvalue weighted by molar-refractivity contribution is 6.32. The van der Waals surface area contributed by atoms with E-state index in [0.717, 1.165) is 68.6 Å². The smallest absolute Gasteiger partial charge is 0.254 e. The predicted octanol–water partition coefficient (Wildman–Crippen LogP) is 3.43. The van der Waals surface area contributed by atoms with E-state index in [2.05, 4.69) is 48.9 Å². The molecule has 188 valence electrons. The van der Waals surface area contributed by atoms with Gasteiger partial charge in [0.2, 0.25) is 0 Å². The first-order valence-corrected chi connectivity index (χ1v) is 12.9. The molecule has 2 aliphatic rings. The number of aryl methyl sites for hydroxylation is 2. The number of carbonyl (C=O) groups excluding carboxylic acids is 1. The predicted molar refractivity (Wildman–Crippen MR) is 143 cm³/mol. The van der Waals surface area contributed by atoms with Crippen LogP contribution in [0.2, 0.25) is 5.02 Å². The molecular formula is C27H32ClN7O. The Balaban J connectivity index is 1.22. The summed E-state index contributed by atoms with van der Waals surface area (Å²) < 4.78 is 0. The third kappa shape index (κ3) is 5.29. The van der Waals surface area contributed by atoms with Crippen LogP contribution in [0.25, 0.3) is 0 Å². The average Bonchev–Trinajstić information content (AvgIpc) is 2.91. The first-order valence-electron chi connectivity index (χ1n) is 12.5. The van der Waals surface area contributed by atoms with Crippen LogP contribution in [0.3, 0.4) is 0 Å². The number of aromatic nitrogens is 3. The fourth-order valence-electron chi connectivity index (χ4n) is 5.04. The molecule has 2 aliphatic heterocycles. The maximum absolute atomic E-state index is 13.5. The highest BCUT2D eigenvalue weighted by atomic mass is 35.5. The van der Waals surface area contributed by atoms with Gasteiger partial charge < -0.3 is 14.7 Å². The number of amides is 1. The van der Waals surface area contributed by atoms with Crippen molar-refractivity contribution < 1.29 is 4.79 Å². The zero-order valence-corrected chi connectivity index (χ0v) is 21.7. The summed E-state index contributed by atoms with van der Waals surface area (Å²) in [5, 5.41) is 8.87. The van der Waals surface area contributed by atoms with Crippen LogP contribution in [0.15, 0.2) is 48.8 Å². The molecule has 36 heavy (non-hydrogen) atoms. The van der Waals surface area contributed by atoms with Crippen molar-refractivity contribution in [3.05, 3.63) is 76.1 Å². The number of halogens is 1. The summed E-state index contributed by atoms with van der Waals surface area (Å²) in [6.07, 6.45) is 3.47. The van der Waals surface area contributed by atoms with Crippen molar-refractivity contribution in [2.45, 2.75) is 20.4 Å². The van der Waals surface area contributed by atoms with Crippen LogP contribution in [0.1, 0.15) is 27.0 Å². The van der Waals surface area contributed by atoms with Crippen molar-refractivity contribution in [1.29, 1.82) is 0 Å². The molecule has 0 radical (unpaired) electrons. The molecule has 0 saturated carbocycles. The first kappa shape index (κ1) is 24.5. The molecule has 9 heteroatoms. The van der Waals surface area contributed by atoms with Crippen LogP contribution in [-0.2, 0) is 6.54 Å². The minimum Gasteiger partial charge on any atom is -0.353 e. The molecule has 5 rings (SSSR count). The average molecular weight is 506 g/mol. The molecule has 0 aliphatic carbocycles. The van der Waals surface area contributed by atoms with Crippen LogP contribution in [0, 0.1) is 13.8 Å². The Morgan fingerprint density at radius 3 is 2.31 bits per heavy atom. The number of carbonyl (C=O) groups is 1. The molecular weight excluding hydrogens is 474 g/mol. The van der Waals surface area contributed by atoms with Gasteiger partial charge in [-0.25, -0.2) is 4.98 Å². The second-order valence-electron chi connectivity index (χ2n) is 9.53. The SMILES string of the molecule is Cc1cc(C)c(C(=O)N2CCN(c3cccnn3)CC2)cc1CN1CCN(c2ncccc2Cl)CC1. The van der Waals surface area contributed by atoms with Gasteiger partial charge in [-0.05, 0) is 60.9 Å². The van der Waals surface area contributed by atoms with E-state index in [1.165, 1.54) is 11.1 Å². The van der Waals surface area contributed by atoms with Crippen LogP contribution in [0.5, 0.6) is 0 Å². The molecule has 1 aromatic carbocycles. The molecule has 2 fully saturated rings. The molecule has 2 aromatic heterocycles. The summed E-state index contributed by atoms with van der Waals surface area (Å²) in [6.45, 7) is 11.5. The molecule has 0 unspecified atom stereocenters. The lowest BCUT2D eigenvalue weighted by atomic mass is 9.98. The molecule has 0 atom stereocenters. The van der Waals surface area contributed by atoms with Gasteiger partial charge >= 0.3 is 0 Å². The topological polar surface area (TPSA) is 68.7 Å². The van der Waals surface area contributed by atoms with Crippen molar-refractivity contribution in [3.63, 3.8) is 0 Å². The number of pyridine rings is 1. The zero-order valence-electron chi connectivity index (χ0n) is 20.9. The third-order valence-electron chi connectivity index (χ3n) is 7.17. The summed E-state index contributed by atoms with van der Waals surface area (Å²) in [6, 6.07) is 11.9. The van der Waals surface area contributed by atoms with E-state index >= 15 is 0 Å². The van der Waals surface area contributed by atoms with E-state index in [0.29, 0.717) is 18.1 Å². The zero-order chi connectivity index (χ0) is 25.1. The van der Waals surface area contributed by atoms with Gasteiger partial charge in [-0.2, -0.15) is 5.10 Å². The normalized spacial score (nSPS) is 16.9. The van der Waals surface area contributed by atoms with E-state index in [9.17, 15) is 4.79 Å². The number of benzene rings is 1. The Morgan fingerprint density at radius 2 is 1.61 bits per heavy atom. The molecule has 0 spiro atoms. The van der Waals surface area contributed by atoms with Gasteiger partial charge in [-0.1, -0.05) is 17.7 Å². The van der Waals surface area contributed by atoms with Crippen molar-refractivity contribution in [1.82, 2.24) is 25.0 Å². The van der Waals surface area contributed by atoms with Gasteiger partial charge in [0.15, 0.2) is 5.82 Å². The minimum atomic E-state index is 0.113. The van der Waals surface area contributed by atoms with Gasteiger partial charge in [-0.15, -0.1) is 5.10 Å². The van der Waals surface area contributed by atoms with E-state index in [1.807, 2.05) is 36.1 Å². The second-order valence-corrected chi connectivity index (χ2v) is 9.93. The molecule has 8 nitrogen and oxygen atoms in total. The fourth-order valence-corrected chi connectivity index (χ4v) is 5.28. The lowest BCUT2D eigenvalue weighted by Crippen LogP contribution is -2.49. The Kier molecular flexibility index (Phi) is 7.34. The molecule has 4 heterocycles. The van der Waals surface area contributed by atoms with Crippen molar-refractivity contribution >= 4 is 29.1 Å². The van der Waals surface area contributed by atoms with Gasteiger partial charge in [0.05, 0.1) is 5.02 Å². The van der Waals surface area contributed by atoms with Gasteiger partial charge in [0.25, 0.3) is 5.91 Å².